The lowest BCUT2D eigenvalue weighted by molar-refractivity contribution is -0.0418. The smallest absolute Gasteiger partial charge is 0.204 e. The Bertz CT molecular complexity index is 1250. The Morgan fingerprint density at radius 2 is 1.97 bits per heavy atom. The first-order chi connectivity index (χ1) is 14.1. The molecule has 0 radical (unpaired) electrons. The minimum Gasteiger partial charge on any atom is -0.371 e. The van der Waals surface area contributed by atoms with Crippen LogP contribution < -0.4 is 0 Å². The molecule has 3 heterocycles. The lowest BCUT2D eigenvalue weighted by Crippen LogP contribution is -2.39. The summed E-state index contributed by atoms with van der Waals surface area (Å²) < 4.78 is 23.7. The minimum absolute atomic E-state index is 0.0846. The molecule has 1 aliphatic heterocycles. The number of aryl methyl sites for hydroxylation is 1. The molecule has 1 fully saturated rings. The predicted molar refractivity (Wildman–Crippen MR) is 113 cm³/mol. The van der Waals surface area contributed by atoms with Gasteiger partial charge in [0, 0.05) is 18.5 Å². The van der Waals surface area contributed by atoms with Gasteiger partial charge in [0.25, 0.3) is 0 Å². The van der Waals surface area contributed by atoms with Gasteiger partial charge in [-0.2, -0.15) is 5.10 Å². The summed E-state index contributed by atoms with van der Waals surface area (Å²) in [6.07, 6.45) is -0.0846. The van der Waals surface area contributed by atoms with Gasteiger partial charge in [-0.3, -0.25) is 9.30 Å². The molecule has 1 unspecified atom stereocenters. The van der Waals surface area contributed by atoms with E-state index in [1.165, 1.54) is 23.1 Å². The first kappa shape index (κ1) is 18.4. The van der Waals surface area contributed by atoms with Crippen LogP contribution in [0.4, 0.5) is 4.39 Å². The number of fused-ring (bicyclic) bond motifs is 3. The predicted octanol–water partition coefficient (Wildman–Crippen LogP) is 4.50. The van der Waals surface area contributed by atoms with Crippen molar-refractivity contribution < 1.29 is 9.13 Å². The first-order valence-corrected chi connectivity index (χ1v) is 10.1. The van der Waals surface area contributed by atoms with E-state index in [2.05, 4.69) is 30.0 Å². The fourth-order valence-corrected chi connectivity index (χ4v) is 4.30. The zero-order valence-electron chi connectivity index (χ0n) is 16.1. The highest BCUT2D eigenvalue weighted by atomic mass is 32.1. The molecule has 4 aromatic rings. The molecule has 1 saturated heterocycles. The lowest BCUT2D eigenvalue weighted by Gasteiger charge is -2.32. The van der Waals surface area contributed by atoms with Crippen LogP contribution >= 0.6 is 12.2 Å². The molecule has 5 rings (SSSR count). The minimum atomic E-state index is -0.236. The molecule has 0 bridgehead atoms. The Morgan fingerprint density at radius 3 is 2.79 bits per heavy atom. The molecule has 7 heteroatoms. The fraction of sp³-hybridized carbons (Fsp3) is 0.273. The van der Waals surface area contributed by atoms with Gasteiger partial charge >= 0.3 is 0 Å². The normalized spacial score (nSPS) is 17.9. The molecular weight excluding hydrogens is 387 g/mol. The lowest BCUT2D eigenvalue weighted by atomic mass is 10.1. The van der Waals surface area contributed by atoms with Gasteiger partial charge in [-0.1, -0.05) is 30.3 Å². The van der Waals surface area contributed by atoms with Crippen molar-refractivity contribution in [2.45, 2.75) is 19.7 Å². The Morgan fingerprint density at radius 1 is 1.17 bits per heavy atom. The van der Waals surface area contributed by atoms with Crippen molar-refractivity contribution in [3.8, 4) is 0 Å². The second-order valence-electron chi connectivity index (χ2n) is 7.45. The number of morpholine rings is 1. The van der Waals surface area contributed by atoms with E-state index in [-0.39, 0.29) is 11.9 Å². The summed E-state index contributed by atoms with van der Waals surface area (Å²) in [6.45, 7) is 4.81. The van der Waals surface area contributed by atoms with Crippen molar-refractivity contribution in [1.29, 1.82) is 0 Å². The van der Waals surface area contributed by atoms with Crippen LogP contribution in [0.3, 0.4) is 0 Å². The van der Waals surface area contributed by atoms with E-state index < -0.39 is 0 Å². The van der Waals surface area contributed by atoms with E-state index >= 15 is 0 Å². The highest BCUT2D eigenvalue weighted by Gasteiger charge is 2.23. The number of nitrogens with zero attached hydrogens (tertiary/aromatic N) is 4. The number of halogens is 1. The average Bonchev–Trinajstić information content (AvgIpc) is 3.04. The summed E-state index contributed by atoms with van der Waals surface area (Å²) in [5.74, 6) is -0.236. The van der Waals surface area contributed by atoms with E-state index in [0.29, 0.717) is 24.6 Å². The Labute approximate surface area is 172 Å². The number of ether oxygens (including phenoxy) is 1. The van der Waals surface area contributed by atoms with E-state index in [1.54, 1.807) is 12.1 Å². The number of hydrogen-bond donors (Lipinski definition) is 0. The van der Waals surface area contributed by atoms with Crippen molar-refractivity contribution in [2.24, 2.45) is 0 Å². The number of pyridine rings is 1. The highest BCUT2D eigenvalue weighted by Crippen LogP contribution is 2.24. The van der Waals surface area contributed by atoms with E-state index in [0.717, 1.165) is 23.3 Å². The molecule has 148 valence electrons. The van der Waals surface area contributed by atoms with Gasteiger partial charge in [0.1, 0.15) is 5.82 Å². The van der Waals surface area contributed by atoms with Gasteiger partial charge in [-0.05, 0) is 54.5 Å². The van der Waals surface area contributed by atoms with Crippen LogP contribution in [0, 0.1) is 17.5 Å². The largest absolute Gasteiger partial charge is 0.371 e. The third-order valence-corrected chi connectivity index (χ3v) is 5.90. The molecule has 2 aromatic carbocycles. The van der Waals surface area contributed by atoms with Crippen molar-refractivity contribution >= 4 is 28.8 Å². The quantitative estimate of drug-likeness (QED) is 0.468. The van der Waals surface area contributed by atoms with Crippen molar-refractivity contribution in [3.63, 3.8) is 0 Å². The van der Waals surface area contributed by atoms with Crippen LogP contribution in [0.25, 0.3) is 16.6 Å². The molecule has 0 amide bonds. The molecule has 1 aliphatic rings. The number of benzene rings is 2. The van der Waals surface area contributed by atoms with E-state index in [4.69, 9.17) is 22.1 Å². The Kier molecular flexibility index (Phi) is 4.66. The van der Waals surface area contributed by atoms with Gasteiger partial charge in [-0.25, -0.2) is 9.07 Å². The maximum atomic E-state index is 13.2. The van der Waals surface area contributed by atoms with Gasteiger partial charge in [-0.15, -0.1) is 0 Å². The van der Waals surface area contributed by atoms with Crippen LogP contribution in [-0.2, 0) is 11.4 Å². The second-order valence-corrected chi connectivity index (χ2v) is 7.81. The van der Waals surface area contributed by atoms with Crippen molar-refractivity contribution in [2.75, 3.05) is 19.7 Å². The molecule has 5 nitrogen and oxygen atoms in total. The molecular formula is C22H21FN4OS. The van der Waals surface area contributed by atoms with Crippen LogP contribution in [0.2, 0.25) is 0 Å². The average molecular weight is 409 g/mol. The van der Waals surface area contributed by atoms with E-state index in [9.17, 15) is 4.39 Å². The Balaban J connectivity index is 1.45. The maximum absolute atomic E-state index is 13.2. The zero-order valence-corrected chi connectivity index (χ0v) is 16.9. The van der Waals surface area contributed by atoms with Gasteiger partial charge in [0.15, 0.2) is 5.65 Å². The maximum Gasteiger partial charge on any atom is 0.204 e. The van der Waals surface area contributed by atoms with Crippen LogP contribution in [0.5, 0.6) is 0 Å². The monoisotopic (exact) mass is 408 g/mol. The standard InChI is InChI=1S/C22H21FN4OS/c1-15-12-21-24-26(22(29)27(21)19-5-3-2-4-18(15)19)14-25-10-11-28-20(13-25)16-6-8-17(23)9-7-16/h2-9,12,20H,10-11,13-14H2,1H3. The number of rotatable bonds is 3. The van der Waals surface area contributed by atoms with Gasteiger partial charge in [0.2, 0.25) is 4.77 Å². The summed E-state index contributed by atoms with van der Waals surface area (Å²) in [5, 5.41) is 5.95. The summed E-state index contributed by atoms with van der Waals surface area (Å²) in [5.41, 5.74) is 4.10. The molecule has 2 aromatic heterocycles. The number of para-hydroxylation sites is 1. The van der Waals surface area contributed by atoms with Crippen LogP contribution in [0.1, 0.15) is 17.2 Å². The SMILES string of the molecule is Cc1cc2nn(CN3CCOC(c4ccc(F)cc4)C3)c(=S)n2c2ccccc12. The summed E-state index contributed by atoms with van der Waals surface area (Å²) in [6, 6.07) is 16.9. The first-order valence-electron chi connectivity index (χ1n) is 9.67. The molecule has 1 atom stereocenters. The third kappa shape index (κ3) is 3.35. The molecule has 0 N–H and O–H groups in total. The van der Waals surface area contributed by atoms with Crippen molar-refractivity contribution in [3.05, 3.63) is 76.3 Å². The summed E-state index contributed by atoms with van der Waals surface area (Å²) in [4.78, 5) is 2.27. The fourth-order valence-electron chi connectivity index (χ4n) is 4.01. The number of hydrogen-bond acceptors (Lipinski definition) is 4. The van der Waals surface area contributed by atoms with Gasteiger partial charge < -0.3 is 4.74 Å². The number of aromatic nitrogens is 3. The second kappa shape index (κ2) is 7.33. The molecule has 0 spiro atoms. The topological polar surface area (TPSA) is 34.7 Å². The van der Waals surface area contributed by atoms with Crippen LogP contribution in [-0.4, -0.2) is 38.8 Å². The van der Waals surface area contributed by atoms with Gasteiger partial charge in [0.05, 0.1) is 24.9 Å². The molecule has 0 saturated carbocycles. The van der Waals surface area contributed by atoms with Crippen LogP contribution in [0.15, 0.2) is 54.6 Å². The zero-order chi connectivity index (χ0) is 20.0. The highest BCUT2D eigenvalue weighted by molar-refractivity contribution is 7.71. The summed E-state index contributed by atoms with van der Waals surface area (Å²) >= 11 is 5.77. The third-order valence-electron chi connectivity index (χ3n) is 5.51. The molecule has 0 aliphatic carbocycles. The summed E-state index contributed by atoms with van der Waals surface area (Å²) in [7, 11) is 0. The Hall–Kier alpha value is -2.61. The van der Waals surface area contributed by atoms with E-state index in [1.807, 2.05) is 21.2 Å². The van der Waals surface area contributed by atoms with Crippen molar-refractivity contribution in [1.82, 2.24) is 19.1 Å². The molecule has 29 heavy (non-hydrogen) atoms.